The van der Waals surface area contributed by atoms with Gasteiger partial charge in [0.05, 0.1) is 26.2 Å². The predicted octanol–water partition coefficient (Wildman–Crippen LogP) is 6.45. The summed E-state index contributed by atoms with van der Waals surface area (Å²) in [6.07, 6.45) is 0. The van der Waals surface area contributed by atoms with Gasteiger partial charge < -0.3 is 0 Å². The lowest BCUT2D eigenvalue weighted by Crippen LogP contribution is -1.93. The maximum absolute atomic E-state index is 4.73. The smallest absolute Gasteiger partial charge is 0.189 e. The molecule has 0 aliphatic rings. The molecule has 0 N–H and O–H groups in total. The number of para-hydroxylation sites is 2. The number of rotatable bonds is 5. The summed E-state index contributed by atoms with van der Waals surface area (Å²) in [4.78, 5) is 18.7. The molecular formula is C20H14N4S4. The second-order valence-corrected chi connectivity index (χ2v) is 10.4. The fourth-order valence-electron chi connectivity index (χ4n) is 2.72. The molecule has 0 bridgehead atoms. The first-order valence-electron chi connectivity index (χ1n) is 8.59. The van der Waals surface area contributed by atoms with Crippen LogP contribution in [0.4, 0.5) is 0 Å². The number of benzene rings is 2. The minimum atomic E-state index is 0.772. The van der Waals surface area contributed by atoms with Crippen LogP contribution in [0.2, 0.25) is 0 Å². The zero-order chi connectivity index (χ0) is 18.9. The van der Waals surface area contributed by atoms with Gasteiger partial charge in [-0.15, -0.1) is 22.7 Å². The van der Waals surface area contributed by atoms with Gasteiger partial charge in [0.15, 0.2) is 9.50 Å². The van der Waals surface area contributed by atoms with Crippen LogP contribution in [0.25, 0.3) is 20.4 Å². The summed E-state index contributed by atoms with van der Waals surface area (Å²) in [6, 6.07) is 18.4. The van der Waals surface area contributed by atoms with Gasteiger partial charge in [-0.1, -0.05) is 36.0 Å². The molecule has 0 spiro atoms. The quantitative estimate of drug-likeness (QED) is 0.179. The van der Waals surface area contributed by atoms with E-state index in [1.54, 1.807) is 46.2 Å². The number of aryl methyl sites for hydroxylation is 1. The van der Waals surface area contributed by atoms with Gasteiger partial charge in [0.2, 0.25) is 0 Å². The number of hydrogen-bond acceptors (Lipinski definition) is 8. The maximum atomic E-state index is 4.73. The molecule has 4 nitrogen and oxygen atoms in total. The molecule has 138 valence electrons. The summed E-state index contributed by atoms with van der Waals surface area (Å²) in [6.45, 7) is 2.01. The molecule has 0 atom stereocenters. The van der Waals surface area contributed by atoms with Gasteiger partial charge in [-0.3, -0.25) is 0 Å². The van der Waals surface area contributed by atoms with E-state index in [9.17, 15) is 0 Å². The summed E-state index contributed by atoms with van der Waals surface area (Å²) in [5.41, 5.74) is 3.05. The van der Waals surface area contributed by atoms with Crippen LogP contribution in [0.15, 0.2) is 69.1 Å². The summed E-state index contributed by atoms with van der Waals surface area (Å²) in [5.74, 6) is 0.772. The Morgan fingerprint density at radius 1 is 0.821 bits per heavy atom. The number of hydrogen-bond donors (Lipinski definition) is 0. The molecule has 0 unspecified atom stereocenters. The van der Waals surface area contributed by atoms with E-state index in [-0.39, 0.29) is 0 Å². The van der Waals surface area contributed by atoms with Gasteiger partial charge in [0.1, 0.15) is 10.0 Å². The van der Waals surface area contributed by atoms with Crippen LogP contribution in [0.1, 0.15) is 10.7 Å². The molecule has 0 amide bonds. The third-order valence-corrected chi connectivity index (χ3v) is 8.03. The number of aromatic nitrogens is 4. The number of fused-ring (bicyclic) bond motifs is 2. The Morgan fingerprint density at radius 2 is 1.54 bits per heavy atom. The number of thiazole rings is 2. The van der Waals surface area contributed by atoms with Crippen LogP contribution in [0.5, 0.6) is 0 Å². The molecule has 2 aromatic carbocycles. The Morgan fingerprint density at radius 3 is 2.29 bits per heavy atom. The highest BCUT2D eigenvalue weighted by Crippen LogP contribution is 2.34. The van der Waals surface area contributed by atoms with Gasteiger partial charge in [-0.2, -0.15) is 0 Å². The predicted molar refractivity (Wildman–Crippen MR) is 120 cm³/mol. The molecule has 28 heavy (non-hydrogen) atoms. The SMILES string of the molecule is Cc1cc(Sc2nc3ccccc3s2)nc(SCc2nc3ccccc3s2)n1. The van der Waals surface area contributed by atoms with Crippen molar-refractivity contribution in [1.82, 2.24) is 19.9 Å². The van der Waals surface area contributed by atoms with Crippen molar-refractivity contribution >= 4 is 66.6 Å². The normalized spacial score (nSPS) is 11.5. The average Bonchev–Trinajstić information content (AvgIpc) is 3.28. The van der Waals surface area contributed by atoms with Crippen LogP contribution < -0.4 is 0 Å². The van der Waals surface area contributed by atoms with E-state index in [1.165, 1.54) is 9.40 Å². The Kier molecular flexibility index (Phi) is 5.02. The topological polar surface area (TPSA) is 51.6 Å². The minimum Gasteiger partial charge on any atom is -0.240 e. The Hall–Kier alpha value is -2.00. The van der Waals surface area contributed by atoms with Crippen LogP contribution >= 0.6 is 46.2 Å². The van der Waals surface area contributed by atoms with E-state index in [4.69, 9.17) is 15.0 Å². The Bertz CT molecular complexity index is 1210. The van der Waals surface area contributed by atoms with E-state index in [0.717, 1.165) is 42.0 Å². The molecule has 5 aromatic rings. The molecule has 0 fully saturated rings. The molecule has 0 aliphatic carbocycles. The number of thioether (sulfide) groups is 1. The van der Waals surface area contributed by atoms with Crippen molar-refractivity contribution < 1.29 is 0 Å². The van der Waals surface area contributed by atoms with Crippen molar-refractivity contribution in [2.24, 2.45) is 0 Å². The Labute approximate surface area is 178 Å². The molecule has 0 saturated heterocycles. The summed E-state index contributed by atoms with van der Waals surface area (Å²) in [7, 11) is 0. The first-order valence-corrected chi connectivity index (χ1v) is 12.0. The second-order valence-electron chi connectivity index (χ2n) is 6.04. The van der Waals surface area contributed by atoms with Crippen molar-refractivity contribution in [3.05, 3.63) is 65.3 Å². The van der Waals surface area contributed by atoms with Gasteiger partial charge in [0, 0.05) is 5.69 Å². The minimum absolute atomic E-state index is 0.772. The standard InChI is InChI=1S/C20H14N4S4/c1-12-10-17(28-20-23-14-7-3-5-9-16(14)27-20)24-19(21-12)25-11-18-22-13-6-2-4-8-15(13)26-18/h2-10H,11H2,1H3. The lowest BCUT2D eigenvalue weighted by molar-refractivity contribution is 0.864. The maximum Gasteiger partial charge on any atom is 0.189 e. The fourth-order valence-corrected chi connectivity index (χ4v) is 6.72. The van der Waals surface area contributed by atoms with Crippen molar-refractivity contribution in [2.75, 3.05) is 0 Å². The van der Waals surface area contributed by atoms with Crippen LogP contribution in [-0.2, 0) is 5.75 Å². The van der Waals surface area contributed by atoms with Crippen molar-refractivity contribution in [3.8, 4) is 0 Å². The van der Waals surface area contributed by atoms with Gasteiger partial charge in [-0.05, 0) is 49.0 Å². The first kappa shape index (κ1) is 18.1. The molecule has 5 rings (SSSR count). The van der Waals surface area contributed by atoms with Gasteiger partial charge in [-0.25, -0.2) is 19.9 Å². The van der Waals surface area contributed by atoms with E-state index in [1.807, 2.05) is 43.3 Å². The first-order chi connectivity index (χ1) is 13.7. The lowest BCUT2D eigenvalue weighted by atomic mass is 10.3. The molecule has 0 saturated carbocycles. The van der Waals surface area contributed by atoms with Crippen molar-refractivity contribution in [1.29, 1.82) is 0 Å². The largest absolute Gasteiger partial charge is 0.240 e. The molecule has 8 heteroatoms. The molecular weight excluding hydrogens is 425 g/mol. The van der Waals surface area contributed by atoms with Crippen LogP contribution in [-0.4, -0.2) is 19.9 Å². The average molecular weight is 439 g/mol. The highest BCUT2D eigenvalue weighted by Gasteiger charge is 2.10. The van der Waals surface area contributed by atoms with Crippen molar-refractivity contribution in [2.45, 2.75) is 27.2 Å². The van der Waals surface area contributed by atoms with Crippen LogP contribution in [0.3, 0.4) is 0 Å². The van der Waals surface area contributed by atoms with E-state index in [0.29, 0.717) is 0 Å². The highest BCUT2D eigenvalue weighted by atomic mass is 32.2. The zero-order valence-corrected chi connectivity index (χ0v) is 18.1. The van der Waals surface area contributed by atoms with Crippen LogP contribution in [0, 0.1) is 6.92 Å². The fraction of sp³-hybridized carbons (Fsp3) is 0.100. The number of nitrogens with zero attached hydrogens (tertiary/aromatic N) is 4. The Balaban J connectivity index is 1.34. The lowest BCUT2D eigenvalue weighted by Gasteiger charge is -2.03. The van der Waals surface area contributed by atoms with Crippen molar-refractivity contribution in [3.63, 3.8) is 0 Å². The van der Waals surface area contributed by atoms with E-state index >= 15 is 0 Å². The van der Waals surface area contributed by atoms with E-state index < -0.39 is 0 Å². The third-order valence-electron chi connectivity index (χ3n) is 3.94. The second kappa shape index (κ2) is 7.79. The zero-order valence-electron chi connectivity index (χ0n) is 14.8. The van der Waals surface area contributed by atoms with E-state index in [2.05, 4.69) is 23.2 Å². The molecule has 3 aromatic heterocycles. The summed E-state index contributed by atoms with van der Waals surface area (Å²) >= 11 is 6.65. The summed E-state index contributed by atoms with van der Waals surface area (Å²) < 4.78 is 3.41. The molecule has 0 aliphatic heterocycles. The monoisotopic (exact) mass is 438 g/mol. The third kappa shape index (κ3) is 3.91. The highest BCUT2D eigenvalue weighted by molar-refractivity contribution is 8.01. The summed E-state index contributed by atoms with van der Waals surface area (Å²) in [5, 5.41) is 2.80. The molecule has 3 heterocycles. The molecule has 0 radical (unpaired) electrons. The van der Waals surface area contributed by atoms with Gasteiger partial charge in [0.25, 0.3) is 0 Å². The van der Waals surface area contributed by atoms with Gasteiger partial charge >= 0.3 is 0 Å².